The summed E-state index contributed by atoms with van der Waals surface area (Å²) in [4.78, 5) is 18.7. The van der Waals surface area contributed by atoms with Gasteiger partial charge >= 0.3 is 0 Å². The first kappa shape index (κ1) is 12.9. The van der Waals surface area contributed by atoms with Gasteiger partial charge in [0.05, 0.1) is 11.0 Å². The summed E-state index contributed by atoms with van der Waals surface area (Å²) in [7, 11) is 0. The molecule has 1 aromatic carbocycles. The lowest BCUT2D eigenvalue weighted by atomic mass is 10.1. The number of anilines is 1. The highest BCUT2D eigenvalue weighted by molar-refractivity contribution is 9.10. The second kappa shape index (κ2) is 5.09. The molecule has 20 heavy (non-hydrogen) atoms. The summed E-state index contributed by atoms with van der Waals surface area (Å²) >= 11 is 3.37. The van der Waals surface area contributed by atoms with E-state index in [-0.39, 0.29) is 5.91 Å². The molecule has 0 aliphatic rings. The average molecular weight is 330 g/mol. The third-order valence-corrected chi connectivity index (χ3v) is 3.40. The molecule has 3 aromatic rings. The van der Waals surface area contributed by atoms with Crippen LogP contribution in [0.15, 0.2) is 47.1 Å². The van der Waals surface area contributed by atoms with Crippen LogP contribution in [0.5, 0.6) is 0 Å². The van der Waals surface area contributed by atoms with Gasteiger partial charge in [-0.25, -0.2) is 4.98 Å². The predicted molar refractivity (Wildman–Crippen MR) is 83.5 cm³/mol. The maximum Gasteiger partial charge on any atom is 0.221 e. The molecule has 0 fully saturated rings. The van der Waals surface area contributed by atoms with Crippen LogP contribution in [0.3, 0.4) is 0 Å². The number of fused-ring (bicyclic) bond motifs is 1. The minimum absolute atomic E-state index is 0.0718. The monoisotopic (exact) mass is 329 g/mol. The van der Waals surface area contributed by atoms with Crippen LogP contribution in [-0.4, -0.2) is 15.9 Å². The number of aromatic amines is 1. The molecule has 3 rings (SSSR count). The third-order valence-electron chi connectivity index (χ3n) is 2.96. The second-order valence-electron chi connectivity index (χ2n) is 4.51. The van der Waals surface area contributed by atoms with E-state index in [9.17, 15) is 4.79 Å². The summed E-state index contributed by atoms with van der Waals surface area (Å²) in [5.74, 6) is -0.0718. The fourth-order valence-corrected chi connectivity index (χ4v) is 2.40. The summed E-state index contributed by atoms with van der Waals surface area (Å²) in [5, 5.41) is 2.75. The van der Waals surface area contributed by atoms with Gasteiger partial charge in [-0.1, -0.05) is 12.1 Å². The highest BCUT2D eigenvalue weighted by Crippen LogP contribution is 2.25. The van der Waals surface area contributed by atoms with Crippen molar-refractivity contribution in [1.29, 1.82) is 0 Å². The van der Waals surface area contributed by atoms with Gasteiger partial charge in [0.15, 0.2) is 0 Å². The van der Waals surface area contributed by atoms with Crippen molar-refractivity contribution in [2.75, 3.05) is 5.32 Å². The van der Waals surface area contributed by atoms with Crippen LogP contribution >= 0.6 is 15.9 Å². The van der Waals surface area contributed by atoms with Crippen molar-refractivity contribution < 1.29 is 4.79 Å². The van der Waals surface area contributed by atoms with E-state index in [1.54, 1.807) is 0 Å². The van der Waals surface area contributed by atoms with Gasteiger partial charge in [-0.15, -0.1) is 0 Å². The Bertz CT molecular complexity index is 777. The molecule has 0 spiro atoms. The minimum atomic E-state index is -0.0718. The summed E-state index contributed by atoms with van der Waals surface area (Å²) in [6.07, 6.45) is 0. The first-order chi connectivity index (χ1) is 9.61. The number of carbonyl (C=O) groups is 1. The fraction of sp³-hybridized carbons (Fsp3) is 0.0667. The Labute approximate surface area is 124 Å². The van der Waals surface area contributed by atoms with Gasteiger partial charge in [0.25, 0.3) is 0 Å². The first-order valence-corrected chi connectivity index (χ1v) is 6.94. The van der Waals surface area contributed by atoms with Crippen molar-refractivity contribution in [3.8, 4) is 11.3 Å². The summed E-state index contributed by atoms with van der Waals surface area (Å²) in [5.41, 5.74) is 4.75. The molecule has 1 amide bonds. The Morgan fingerprint density at radius 2 is 1.95 bits per heavy atom. The van der Waals surface area contributed by atoms with Crippen molar-refractivity contribution in [2.45, 2.75) is 6.92 Å². The van der Waals surface area contributed by atoms with Crippen LogP contribution in [0.4, 0.5) is 5.69 Å². The number of rotatable bonds is 2. The van der Waals surface area contributed by atoms with E-state index < -0.39 is 0 Å². The van der Waals surface area contributed by atoms with E-state index in [1.165, 1.54) is 6.92 Å². The molecule has 2 N–H and O–H groups in total. The van der Waals surface area contributed by atoms with Gasteiger partial charge in [0, 0.05) is 18.3 Å². The van der Waals surface area contributed by atoms with Gasteiger partial charge in [-0.05, 0) is 51.8 Å². The lowest BCUT2D eigenvalue weighted by molar-refractivity contribution is -0.114. The summed E-state index contributed by atoms with van der Waals surface area (Å²) < 4.78 is 0.816. The number of hydrogen-bond acceptors (Lipinski definition) is 2. The SMILES string of the molecule is CC(=O)Nc1ccc(-c2cc3nc(Br)ccc3[nH]2)cc1. The van der Waals surface area contributed by atoms with Crippen LogP contribution in [0.25, 0.3) is 22.3 Å². The second-order valence-corrected chi connectivity index (χ2v) is 5.32. The van der Waals surface area contributed by atoms with Crippen LogP contribution in [0.2, 0.25) is 0 Å². The zero-order valence-corrected chi connectivity index (χ0v) is 12.4. The predicted octanol–water partition coefficient (Wildman–Crippen LogP) is 3.95. The van der Waals surface area contributed by atoms with E-state index in [0.29, 0.717) is 0 Å². The number of hydrogen-bond donors (Lipinski definition) is 2. The van der Waals surface area contributed by atoms with E-state index >= 15 is 0 Å². The van der Waals surface area contributed by atoms with Gasteiger partial charge < -0.3 is 10.3 Å². The Kier molecular flexibility index (Phi) is 3.28. The molecular weight excluding hydrogens is 318 g/mol. The lowest BCUT2D eigenvalue weighted by Gasteiger charge is -2.03. The van der Waals surface area contributed by atoms with Crippen molar-refractivity contribution in [3.63, 3.8) is 0 Å². The Balaban J connectivity index is 1.96. The smallest absolute Gasteiger partial charge is 0.221 e. The number of benzene rings is 1. The molecule has 100 valence electrons. The first-order valence-electron chi connectivity index (χ1n) is 6.15. The summed E-state index contributed by atoms with van der Waals surface area (Å²) in [6, 6.07) is 13.6. The fourth-order valence-electron chi connectivity index (χ4n) is 2.08. The molecule has 0 atom stereocenters. The minimum Gasteiger partial charge on any atom is -0.353 e. The van der Waals surface area contributed by atoms with E-state index in [4.69, 9.17) is 0 Å². The maximum atomic E-state index is 11.0. The third kappa shape index (κ3) is 2.58. The molecule has 0 aliphatic heterocycles. The van der Waals surface area contributed by atoms with Crippen molar-refractivity contribution in [1.82, 2.24) is 9.97 Å². The molecule has 0 radical (unpaired) electrons. The molecule has 5 heteroatoms. The molecular formula is C15H12BrN3O. The number of halogens is 1. The topological polar surface area (TPSA) is 57.8 Å². The van der Waals surface area contributed by atoms with Gasteiger partial charge in [0.2, 0.25) is 5.91 Å². The molecule has 0 saturated carbocycles. The highest BCUT2D eigenvalue weighted by Gasteiger charge is 2.05. The largest absolute Gasteiger partial charge is 0.353 e. The zero-order chi connectivity index (χ0) is 14.1. The normalized spacial score (nSPS) is 10.7. The van der Waals surface area contributed by atoms with E-state index in [1.807, 2.05) is 42.5 Å². The van der Waals surface area contributed by atoms with Crippen molar-refractivity contribution in [3.05, 3.63) is 47.1 Å². The number of nitrogens with one attached hydrogen (secondary N) is 2. The molecule has 0 saturated heterocycles. The molecule has 2 heterocycles. The zero-order valence-electron chi connectivity index (χ0n) is 10.8. The molecule has 4 nitrogen and oxygen atoms in total. The number of aromatic nitrogens is 2. The van der Waals surface area contributed by atoms with Crippen molar-refractivity contribution >= 4 is 38.6 Å². The Hall–Kier alpha value is -2.14. The van der Waals surface area contributed by atoms with E-state index in [0.717, 1.165) is 32.6 Å². The lowest BCUT2D eigenvalue weighted by Crippen LogP contribution is -2.05. The van der Waals surface area contributed by atoms with E-state index in [2.05, 4.69) is 31.2 Å². The highest BCUT2D eigenvalue weighted by atomic mass is 79.9. The number of nitrogens with zero attached hydrogens (tertiary/aromatic N) is 1. The molecule has 0 aliphatic carbocycles. The van der Waals surface area contributed by atoms with Crippen LogP contribution < -0.4 is 5.32 Å². The van der Waals surface area contributed by atoms with Gasteiger partial charge in [-0.3, -0.25) is 4.79 Å². The Morgan fingerprint density at radius 1 is 1.20 bits per heavy atom. The number of amides is 1. The maximum absolute atomic E-state index is 11.0. The number of carbonyl (C=O) groups excluding carboxylic acids is 1. The van der Waals surface area contributed by atoms with Gasteiger partial charge in [-0.2, -0.15) is 0 Å². The van der Waals surface area contributed by atoms with Crippen LogP contribution in [0, 0.1) is 0 Å². The standard InChI is InChI=1S/C15H12BrN3O/c1-9(20)17-11-4-2-10(3-5-11)13-8-14-12(18-13)6-7-15(16)19-14/h2-8,18H,1H3,(H,17,20). The van der Waals surface area contributed by atoms with Crippen LogP contribution in [-0.2, 0) is 4.79 Å². The van der Waals surface area contributed by atoms with Crippen LogP contribution in [0.1, 0.15) is 6.92 Å². The average Bonchev–Trinajstić information content (AvgIpc) is 2.81. The quantitative estimate of drug-likeness (QED) is 0.699. The molecule has 0 bridgehead atoms. The summed E-state index contributed by atoms with van der Waals surface area (Å²) in [6.45, 7) is 1.50. The van der Waals surface area contributed by atoms with Gasteiger partial charge in [0.1, 0.15) is 4.60 Å². The van der Waals surface area contributed by atoms with Crippen molar-refractivity contribution in [2.24, 2.45) is 0 Å². The molecule has 2 aromatic heterocycles. The molecule has 0 unspecified atom stereocenters. The Morgan fingerprint density at radius 3 is 2.65 bits per heavy atom. The number of pyridine rings is 1. The number of H-pyrrole nitrogens is 1.